The molecule has 0 saturated carbocycles. The summed E-state index contributed by atoms with van der Waals surface area (Å²) < 4.78 is 13.1. The summed E-state index contributed by atoms with van der Waals surface area (Å²) >= 11 is 0. The molecule has 1 amide bonds. The minimum absolute atomic E-state index is 0.0760. The third kappa shape index (κ3) is 3.04. The third-order valence-corrected chi connectivity index (χ3v) is 4.23. The molecule has 0 N–H and O–H groups in total. The highest BCUT2D eigenvalue weighted by Gasteiger charge is 2.28. The van der Waals surface area contributed by atoms with Crippen LogP contribution in [0.4, 0.5) is 0 Å². The predicted octanol–water partition coefficient (Wildman–Crippen LogP) is 1.14. The molecule has 1 saturated heterocycles. The Morgan fingerprint density at radius 2 is 2.29 bits per heavy atom. The van der Waals surface area contributed by atoms with Crippen LogP contribution >= 0.6 is 0 Å². The van der Waals surface area contributed by atoms with Gasteiger partial charge in [-0.3, -0.25) is 4.79 Å². The molecule has 2 aromatic heterocycles. The molecular weight excluding hydrogens is 310 g/mol. The number of likely N-dealkylation sites (tertiary alicyclic amines) is 1. The zero-order valence-electron chi connectivity index (χ0n) is 13.3. The number of aryl methyl sites for hydroxylation is 1. The summed E-state index contributed by atoms with van der Waals surface area (Å²) in [5.74, 6) is 1.09. The maximum atomic E-state index is 12.7. The van der Waals surface area contributed by atoms with Gasteiger partial charge < -0.3 is 14.4 Å². The molecular formula is C16H19N5O3. The van der Waals surface area contributed by atoms with Gasteiger partial charge in [-0.1, -0.05) is 0 Å². The van der Waals surface area contributed by atoms with Crippen molar-refractivity contribution in [1.82, 2.24) is 24.9 Å². The second-order valence-electron chi connectivity index (χ2n) is 5.99. The van der Waals surface area contributed by atoms with Crippen molar-refractivity contribution in [3.8, 4) is 11.8 Å². The molecule has 4 heterocycles. The number of carbonyl (C=O) groups is 1. The lowest BCUT2D eigenvalue weighted by Crippen LogP contribution is -2.44. The van der Waals surface area contributed by atoms with Crippen molar-refractivity contribution in [2.45, 2.75) is 31.9 Å². The smallest absolute Gasteiger partial charge is 0.274 e. The zero-order chi connectivity index (χ0) is 16.4. The van der Waals surface area contributed by atoms with Gasteiger partial charge in [0.25, 0.3) is 5.91 Å². The van der Waals surface area contributed by atoms with E-state index in [1.807, 2.05) is 0 Å². The molecule has 1 fully saturated rings. The summed E-state index contributed by atoms with van der Waals surface area (Å²) in [6.07, 6.45) is 4.23. The van der Waals surface area contributed by atoms with Crippen LogP contribution in [0.5, 0.6) is 11.8 Å². The van der Waals surface area contributed by atoms with E-state index in [2.05, 4.69) is 15.3 Å². The molecule has 2 aliphatic rings. The van der Waals surface area contributed by atoms with E-state index >= 15 is 0 Å². The lowest BCUT2D eigenvalue weighted by molar-refractivity contribution is 0.0519. The van der Waals surface area contributed by atoms with Crippen molar-refractivity contribution in [3.63, 3.8) is 0 Å². The molecule has 24 heavy (non-hydrogen) atoms. The summed E-state index contributed by atoms with van der Waals surface area (Å²) in [5, 5.41) is 12.1. The Labute approximate surface area is 139 Å². The minimum atomic E-state index is -0.0760. The van der Waals surface area contributed by atoms with Gasteiger partial charge in [0.05, 0.1) is 13.2 Å². The number of aromatic nitrogens is 4. The minimum Gasteiger partial charge on any atom is -0.478 e. The van der Waals surface area contributed by atoms with Crippen LogP contribution in [0, 0.1) is 0 Å². The summed E-state index contributed by atoms with van der Waals surface area (Å²) in [7, 11) is 0. The van der Waals surface area contributed by atoms with Crippen LogP contribution in [0.1, 0.15) is 29.8 Å². The van der Waals surface area contributed by atoms with E-state index in [-0.39, 0.29) is 12.0 Å². The van der Waals surface area contributed by atoms with E-state index in [9.17, 15) is 4.79 Å². The highest BCUT2D eigenvalue weighted by Crippen LogP contribution is 2.22. The topological polar surface area (TPSA) is 82.4 Å². The Kier molecular flexibility index (Phi) is 4.02. The second kappa shape index (κ2) is 6.46. The zero-order valence-corrected chi connectivity index (χ0v) is 13.3. The van der Waals surface area contributed by atoms with Crippen molar-refractivity contribution < 1.29 is 14.3 Å². The Balaban J connectivity index is 1.43. The molecule has 0 bridgehead atoms. The average Bonchev–Trinajstić information content (AvgIpc) is 3.06. The summed E-state index contributed by atoms with van der Waals surface area (Å²) in [6.45, 7) is 2.71. The summed E-state index contributed by atoms with van der Waals surface area (Å²) in [6, 6.07) is 5.28. The van der Waals surface area contributed by atoms with Crippen LogP contribution in [-0.2, 0) is 6.54 Å². The van der Waals surface area contributed by atoms with E-state index in [1.54, 1.807) is 34.0 Å². The largest absolute Gasteiger partial charge is 0.478 e. The van der Waals surface area contributed by atoms with Crippen LogP contribution in [0.25, 0.3) is 0 Å². The molecule has 0 aromatic carbocycles. The molecule has 0 aliphatic carbocycles. The number of fused-ring (bicyclic) bond motifs is 1. The van der Waals surface area contributed by atoms with Crippen molar-refractivity contribution in [2.24, 2.45) is 0 Å². The fourth-order valence-electron chi connectivity index (χ4n) is 3.07. The standard InChI is InChI=1S/C16H19N5O3/c22-16(13-10-15-21(19-13)8-3-9-23-15)20-7-2-4-12(11-20)24-14-5-1-6-17-18-14/h1,5-6,10,12H,2-4,7-9,11H2/t12-/m1/s1. The van der Waals surface area contributed by atoms with Crippen LogP contribution in [0.15, 0.2) is 24.4 Å². The Hall–Kier alpha value is -2.64. The quantitative estimate of drug-likeness (QED) is 0.840. The van der Waals surface area contributed by atoms with Gasteiger partial charge >= 0.3 is 0 Å². The molecule has 8 nitrogen and oxygen atoms in total. The molecule has 0 spiro atoms. The molecule has 126 valence electrons. The van der Waals surface area contributed by atoms with Gasteiger partial charge in [-0.15, -0.1) is 5.10 Å². The van der Waals surface area contributed by atoms with Gasteiger partial charge in [-0.25, -0.2) is 4.68 Å². The highest BCUT2D eigenvalue weighted by molar-refractivity contribution is 5.92. The molecule has 0 unspecified atom stereocenters. The fraction of sp³-hybridized carbons (Fsp3) is 0.500. The number of ether oxygens (including phenoxy) is 2. The number of hydrogen-bond donors (Lipinski definition) is 0. The predicted molar refractivity (Wildman–Crippen MR) is 83.9 cm³/mol. The van der Waals surface area contributed by atoms with Crippen molar-refractivity contribution in [1.29, 1.82) is 0 Å². The number of amides is 1. The lowest BCUT2D eigenvalue weighted by Gasteiger charge is -2.32. The Morgan fingerprint density at radius 3 is 3.12 bits per heavy atom. The third-order valence-electron chi connectivity index (χ3n) is 4.23. The first-order valence-corrected chi connectivity index (χ1v) is 8.24. The van der Waals surface area contributed by atoms with Crippen LogP contribution in [0.2, 0.25) is 0 Å². The molecule has 2 aliphatic heterocycles. The summed E-state index contributed by atoms with van der Waals surface area (Å²) in [4.78, 5) is 14.5. The molecule has 2 aromatic rings. The second-order valence-corrected chi connectivity index (χ2v) is 5.99. The number of rotatable bonds is 3. The monoisotopic (exact) mass is 329 g/mol. The molecule has 1 atom stereocenters. The highest BCUT2D eigenvalue weighted by atomic mass is 16.5. The van der Waals surface area contributed by atoms with Gasteiger partial charge in [0.2, 0.25) is 11.8 Å². The SMILES string of the molecule is O=C(c1cc2n(n1)CCCO2)N1CCC[C@@H](Oc2cccnn2)C1. The molecule has 0 radical (unpaired) electrons. The molecule has 8 heteroatoms. The summed E-state index contributed by atoms with van der Waals surface area (Å²) in [5.41, 5.74) is 0.437. The van der Waals surface area contributed by atoms with Gasteiger partial charge in [-0.2, -0.15) is 10.2 Å². The Morgan fingerprint density at radius 1 is 1.33 bits per heavy atom. The first kappa shape index (κ1) is 14.9. The van der Waals surface area contributed by atoms with Crippen LogP contribution < -0.4 is 9.47 Å². The average molecular weight is 329 g/mol. The first-order chi connectivity index (χ1) is 11.8. The van der Waals surface area contributed by atoms with E-state index in [4.69, 9.17) is 9.47 Å². The van der Waals surface area contributed by atoms with Crippen LogP contribution in [0.3, 0.4) is 0 Å². The first-order valence-electron chi connectivity index (χ1n) is 8.24. The van der Waals surface area contributed by atoms with Gasteiger partial charge in [0.15, 0.2) is 5.69 Å². The normalized spacial score (nSPS) is 20.2. The van der Waals surface area contributed by atoms with E-state index in [0.29, 0.717) is 37.2 Å². The van der Waals surface area contributed by atoms with Crippen molar-refractivity contribution >= 4 is 5.91 Å². The van der Waals surface area contributed by atoms with E-state index < -0.39 is 0 Å². The van der Waals surface area contributed by atoms with Gasteiger partial charge in [0, 0.05) is 37.8 Å². The Bertz CT molecular complexity index is 694. The number of hydrogen-bond acceptors (Lipinski definition) is 6. The number of nitrogens with zero attached hydrogens (tertiary/aromatic N) is 5. The van der Waals surface area contributed by atoms with Crippen LogP contribution in [-0.4, -0.2) is 56.6 Å². The van der Waals surface area contributed by atoms with Crippen molar-refractivity contribution in [2.75, 3.05) is 19.7 Å². The molecule has 4 rings (SSSR count). The number of piperidine rings is 1. The maximum absolute atomic E-state index is 12.7. The fourth-order valence-corrected chi connectivity index (χ4v) is 3.07. The van der Waals surface area contributed by atoms with Crippen molar-refractivity contribution in [3.05, 3.63) is 30.1 Å². The number of carbonyl (C=O) groups excluding carboxylic acids is 1. The van der Waals surface area contributed by atoms with E-state index in [1.165, 1.54) is 0 Å². The lowest BCUT2D eigenvalue weighted by atomic mass is 10.1. The van der Waals surface area contributed by atoms with Gasteiger partial charge in [-0.05, 0) is 18.9 Å². The van der Waals surface area contributed by atoms with Gasteiger partial charge in [0.1, 0.15) is 6.10 Å². The maximum Gasteiger partial charge on any atom is 0.274 e. The van der Waals surface area contributed by atoms with E-state index in [0.717, 1.165) is 25.8 Å².